The number of amides is 1. The zero-order chi connectivity index (χ0) is 15.4. The maximum atomic E-state index is 13.2. The number of nitrogen functional groups attached to an aromatic ring is 1. The maximum absolute atomic E-state index is 13.2. The lowest BCUT2D eigenvalue weighted by Crippen LogP contribution is -2.30. The molecule has 0 heterocycles. The second kappa shape index (κ2) is 6.59. The molecule has 0 saturated heterocycles. The molecule has 2 aromatic carbocycles. The van der Waals surface area contributed by atoms with Crippen molar-refractivity contribution >= 4 is 23.2 Å². The van der Waals surface area contributed by atoms with Crippen LogP contribution in [0.3, 0.4) is 0 Å². The molecule has 0 radical (unpaired) electrons. The normalized spacial score (nSPS) is 10.4. The molecular weight excluding hydrogens is 291 g/mol. The van der Waals surface area contributed by atoms with E-state index in [4.69, 9.17) is 17.3 Å². The third kappa shape index (κ3) is 3.73. The Bertz CT molecular complexity index is 660. The van der Waals surface area contributed by atoms with Crippen LogP contribution in [0.4, 0.5) is 10.1 Å². The Balaban J connectivity index is 2.20. The van der Waals surface area contributed by atoms with Crippen LogP contribution in [0.25, 0.3) is 0 Å². The first-order chi connectivity index (χ1) is 10.0. The van der Waals surface area contributed by atoms with Gasteiger partial charge in [0, 0.05) is 23.7 Å². The number of carbonyl (C=O) groups is 1. The van der Waals surface area contributed by atoms with Crippen LogP contribution in [-0.2, 0) is 6.54 Å². The topological polar surface area (TPSA) is 46.3 Å². The van der Waals surface area contributed by atoms with Crippen molar-refractivity contribution in [2.24, 2.45) is 0 Å². The van der Waals surface area contributed by atoms with Gasteiger partial charge in [0.1, 0.15) is 5.82 Å². The van der Waals surface area contributed by atoms with Gasteiger partial charge in [0.2, 0.25) is 0 Å². The summed E-state index contributed by atoms with van der Waals surface area (Å²) in [6.07, 6.45) is 0. The molecule has 0 aliphatic carbocycles. The molecule has 0 aromatic heterocycles. The van der Waals surface area contributed by atoms with E-state index in [2.05, 4.69) is 0 Å². The molecule has 0 atom stereocenters. The SMILES string of the molecule is CCN(Cc1cccc(Cl)c1)C(=O)c1ccc(F)c(N)c1. The van der Waals surface area contributed by atoms with Crippen LogP contribution in [0.5, 0.6) is 0 Å². The van der Waals surface area contributed by atoms with Gasteiger partial charge in [-0.3, -0.25) is 4.79 Å². The fourth-order valence-corrected chi connectivity index (χ4v) is 2.26. The number of nitrogens with zero attached hydrogens (tertiary/aromatic N) is 1. The summed E-state index contributed by atoms with van der Waals surface area (Å²) in [6.45, 7) is 2.85. The standard InChI is InChI=1S/C16H16ClFN2O/c1-2-20(10-11-4-3-5-13(17)8-11)16(21)12-6-7-14(18)15(19)9-12/h3-9H,2,10,19H2,1H3. The van der Waals surface area contributed by atoms with Gasteiger partial charge in [0.15, 0.2) is 0 Å². The summed E-state index contributed by atoms with van der Waals surface area (Å²) in [7, 11) is 0. The summed E-state index contributed by atoms with van der Waals surface area (Å²) in [5.74, 6) is -0.714. The van der Waals surface area contributed by atoms with Gasteiger partial charge in [0.05, 0.1) is 5.69 Å². The molecule has 2 N–H and O–H groups in total. The number of halogens is 2. The second-order valence-electron chi connectivity index (χ2n) is 4.69. The van der Waals surface area contributed by atoms with Crippen LogP contribution >= 0.6 is 11.6 Å². The fraction of sp³-hybridized carbons (Fsp3) is 0.188. The average molecular weight is 307 g/mol. The van der Waals surface area contributed by atoms with Crippen molar-refractivity contribution in [3.05, 3.63) is 64.4 Å². The number of hydrogen-bond acceptors (Lipinski definition) is 2. The van der Waals surface area contributed by atoms with Crippen LogP contribution in [0.15, 0.2) is 42.5 Å². The largest absolute Gasteiger partial charge is 0.396 e. The molecule has 0 unspecified atom stereocenters. The molecule has 2 rings (SSSR count). The highest BCUT2D eigenvalue weighted by Gasteiger charge is 2.15. The molecule has 1 amide bonds. The molecule has 5 heteroatoms. The fourth-order valence-electron chi connectivity index (χ4n) is 2.04. The molecule has 0 saturated carbocycles. The Morgan fingerprint density at radius 1 is 1.29 bits per heavy atom. The van der Waals surface area contributed by atoms with Gasteiger partial charge >= 0.3 is 0 Å². The smallest absolute Gasteiger partial charge is 0.254 e. The summed E-state index contributed by atoms with van der Waals surface area (Å²) in [6, 6.07) is 11.3. The van der Waals surface area contributed by atoms with Gasteiger partial charge < -0.3 is 10.6 Å². The predicted octanol–water partition coefficient (Wildman–Crippen LogP) is 3.72. The van der Waals surface area contributed by atoms with Crippen LogP contribution in [-0.4, -0.2) is 17.4 Å². The predicted molar refractivity (Wildman–Crippen MR) is 82.7 cm³/mol. The Morgan fingerprint density at radius 3 is 2.67 bits per heavy atom. The van der Waals surface area contributed by atoms with Crippen LogP contribution < -0.4 is 5.73 Å². The van der Waals surface area contributed by atoms with Crippen LogP contribution in [0.2, 0.25) is 5.02 Å². The van der Waals surface area contributed by atoms with Crippen molar-refractivity contribution in [1.82, 2.24) is 4.90 Å². The van der Waals surface area contributed by atoms with Crippen molar-refractivity contribution in [2.45, 2.75) is 13.5 Å². The monoisotopic (exact) mass is 306 g/mol. The first kappa shape index (κ1) is 15.3. The minimum Gasteiger partial charge on any atom is -0.396 e. The molecule has 0 spiro atoms. The average Bonchev–Trinajstić information content (AvgIpc) is 2.47. The molecule has 0 fully saturated rings. The zero-order valence-corrected chi connectivity index (χ0v) is 12.4. The van der Waals surface area contributed by atoms with E-state index >= 15 is 0 Å². The quantitative estimate of drug-likeness (QED) is 0.875. The Kier molecular flexibility index (Phi) is 4.81. The number of anilines is 1. The highest BCUT2D eigenvalue weighted by Crippen LogP contribution is 2.17. The molecule has 3 nitrogen and oxygen atoms in total. The zero-order valence-electron chi connectivity index (χ0n) is 11.6. The minimum absolute atomic E-state index is 0.0281. The number of carbonyl (C=O) groups excluding carboxylic acids is 1. The molecule has 0 bridgehead atoms. The van der Waals surface area contributed by atoms with E-state index in [0.717, 1.165) is 5.56 Å². The van der Waals surface area contributed by atoms with Crippen molar-refractivity contribution in [3.63, 3.8) is 0 Å². The Morgan fingerprint density at radius 2 is 2.05 bits per heavy atom. The van der Waals surface area contributed by atoms with Gasteiger partial charge in [-0.1, -0.05) is 23.7 Å². The number of benzene rings is 2. The molecule has 0 aliphatic rings. The third-order valence-corrected chi connectivity index (χ3v) is 3.41. The third-order valence-electron chi connectivity index (χ3n) is 3.17. The second-order valence-corrected chi connectivity index (χ2v) is 5.12. The Hall–Kier alpha value is -2.07. The van der Waals surface area contributed by atoms with Crippen molar-refractivity contribution in [2.75, 3.05) is 12.3 Å². The molecule has 2 aromatic rings. The van der Waals surface area contributed by atoms with E-state index in [1.807, 2.05) is 25.1 Å². The van der Waals surface area contributed by atoms with E-state index < -0.39 is 5.82 Å². The van der Waals surface area contributed by atoms with Gasteiger partial charge in [-0.15, -0.1) is 0 Å². The van der Waals surface area contributed by atoms with E-state index in [-0.39, 0.29) is 11.6 Å². The summed E-state index contributed by atoms with van der Waals surface area (Å²) in [5, 5.41) is 0.627. The summed E-state index contributed by atoms with van der Waals surface area (Å²) in [4.78, 5) is 14.1. The maximum Gasteiger partial charge on any atom is 0.254 e. The summed E-state index contributed by atoms with van der Waals surface area (Å²) < 4.78 is 13.2. The lowest BCUT2D eigenvalue weighted by Gasteiger charge is -2.21. The number of nitrogens with two attached hydrogens (primary N) is 1. The van der Waals surface area contributed by atoms with Gasteiger partial charge in [0.25, 0.3) is 5.91 Å². The van der Waals surface area contributed by atoms with Gasteiger partial charge in [-0.25, -0.2) is 4.39 Å². The Labute approximate surface area is 128 Å². The number of rotatable bonds is 4. The van der Waals surface area contributed by atoms with E-state index in [1.165, 1.54) is 18.2 Å². The lowest BCUT2D eigenvalue weighted by molar-refractivity contribution is 0.0752. The van der Waals surface area contributed by atoms with E-state index in [0.29, 0.717) is 23.7 Å². The van der Waals surface area contributed by atoms with Crippen LogP contribution in [0, 0.1) is 5.82 Å². The van der Waals surface area contributed by atoms with Crippen molar-refractivity contribution < 1.29 is 9.18 Å². The van der Waals surface area contributed by atoms with Gasteiger partial charge in [-0.05, 0) is 42.8 Å². The first-order valence-corrected chi connectivity index (χ1v) is 6.97. The molecule has 21 heavy (non-hydrogen) atoms. The summed E-state index contributed by atoms with van der Waals surface area (Å²) in [5.41, 5.74) is 6.79. The van der Waals surface area contributed by atoms with Crippen molar-refractivity contribution in [3.8, 4) is 0 Å². The van der Waals surface area contributed by atoms with Gasteiger partial charge in [-0.2, -0.15) is 0 Å². The first-order valence-electron chi connectivity index (χ1n) is 6.60. The van der Waals surface area contributed by atoms with Crippen molar-refractivity contribution in [1.29, 1.82) is 0 Å². The van der Waals surface area contributed by atoms with E-state index in [9.17, 15) is 9.18 Å². The molecular formula is C16H16ClFN2O. The highest BCUT2D eigenvalue weighted by atomic mass is 35.5. The molecule has 110 valence electrons. The lowest BCUT2D eigenvalue weighted by atomic mass is 10.1. The van der Waals surface area contributed by atoms with E-state index in [1.54, 1.807) is 11.0 Å². The summed E-state index contributed by atoms with van der Waals surface area (Å²) >= 11 is 5.94. The van der Waals surface area contributed by atoms with Crippen LogP contribution in [0.1, 0.15) is 22.8 Å². The number of hydrogen-bond donors (Lipinski definition) is 1. The highest BCUT2D eigenvalue weighted by molar-refractivity contribution is 6.30. The minimum atomic E-state index is -0.524. The molecule has 0 aliphatic heterocycles.